The Morgan fingerprint density at radius 3 is 2.68 bits per heavy atom. The van der Waals surface area contributed by atoms with E-state index in [0.717, 1.165) is 18.4 Å². The summed E-state index contributed by atoms with van der Waals surface area (Å²) in [6, 6.07) is 4.56. The minimum absolute atomic E-state index is 0.259. The Morgan fingerprint density at radius 2 is 2.11 bits per heavy atom. The normalized spacial score (nSPS) is 24.1. The summed E-state index contributed by atoms with van der Waals surface area (Å²) in [5.41, 5.74) is 1.39. The maximum atomic E-state index is 13.3. The van der Waals surface area contributed by atoms with E-state index >= 15 is 0 Å². The number of benzene rings is 1. The fraction of sp³-hybridized carbons (Fsp3) is 0.571. The molecule has 0 bridgehead atoms. The van der Waals surface area contributed by atoms with Gasteiger partial charge in [-0.15, -0.1) is 0 Å². The van der Waals surface area contributed by atoms with Crippen LogP contribution >= 0.6 is 0 Å². The number of halogens is 1. The summed E-state index contributed by atoms with van der Waals surface area (Å²) in [7, 11) is -1.30. The maximum Gasteiger partial charge on any atom is 0.155 e. The van der Waals surface area contributed by atoms with Crippen molar-refractivity contribution in [2.75, 3.05) is 12.8 Å². The lowest BCUT2D eigenvalue weighted by atomic mass is 9.98. The predicted octanol–water partition coefficient (Wildman–Crippen LogP) is 2.36. The molecule has 1 aliphatic rings. The van der Waals surface area contributed by atoms with E-state index < -0.39 is 15.1 Å². The van der Waals surface area contributed by atoms with E-state index in [1.165, 1.54) is 6.07 Å². The Kier molecular flexibility index (Phi) is 4.26. The first-order valence-electron chi connectivity index (χ1n) is 6.60. The van der Waals surface area contributed by atoms with Gasteiger partial charge in [-0.1, -0.05) is 18.6 Å². The zero-order chi connectivity index (χ0) is 14.0. The molecule has 1 N–H and O–H groups in total. The van der Waals surface area contributed by atoms with Gasteiger partial charge in [-0.3, -0.25) is 0 Å². The summed E-state index contributed by atoms with van der Waals surface area (Å²) in [5.74, 6) is 0.000781. The number of aryl methyl sites for hydroxylation is 1. The van der Waals surface area contributed by atoms with Gasteiger partial charge < -0.3 is 5.32 Å². The maximum absolute atomic E-state index is 13.3. The summed E-state index contributed by atoms with van der Waals surface area (Å²) in [4.78, 5) is 0. The number of sulfone groups is 1. The van der Waals surface area contributed by atoms with Crippen LogP contribution < -0.4 is 5.32 Å². The average molecular weight is 285 g/mol. The second kappa shape index (κ2) is 5.59. The van der Waals surface area contributed by atoms with Gasteiger partial charge in [0.15, 0.2) is 9.84 Å². The summed E-state index contributed by atoms with van der Waals surface area (Å²) < 4.78 is 37.7. The lowest BCUT2D eigenvalue weighted by Crippen LogP contribution is -2.39. The Hall–Kier alpha value is -0.940. The second-order valence-electron chi connectivity index (χ2n) is 5.18. The number of hydrogen-bond acceptors (Lipinski definition) is 3. The molecule has 1 fully saturated rings. The molecule has 0 aromatic heterocycles. The molecule has 0 amide bonds. The van der Waals surface area contributed by atoms with E-state index in [2.05, 4.69) is 5.32 Å². The van der Waals surface area contributed by atoms with Crippen LogP contribution in [0, 0.1) is 12.7 Å². The fourth-order valence-electron chi connectivity index (χ4n) is 2.78. The molecule has 3 nitrogen and oxygen atoms in total. The zero-order valence-electron chi connectivity index (χ0n) is 11.3. The van der Waals surface area contributed by atoms with Crippen LogP contribution in [0.5, 0.6) is 0 Å². The first kappa shape index (κ1) is 14.5. The van der Waals surface area contributed by atoms with Crippen LogP contribution in [-0.2, 0) is 9.84 Å². The zero-order valence-corrected chi connectivity index (χ0v) is 12.1. The highest BCUT2D eigenvalue weighted by Crippen LogP contribution is 2.31. The van der Waals surface area contributed by atoms with Crippen LogP contribution in [0.2, 0.25) is 0 Å². The third kappa shape index (κ3) is 2.98. The molecule has 1 saturated heterocycles. The minimum atomic E-state index is -3.06. The van der Waals surface area contributed by atoms with E-state index in [1.54, 1.807) is 26.1 Å². The summed E-state index contributed by atoms with van der Waals surface area (Å²) in [6.07, 6.45) is 2.35. The monoisotopic (exact) mass is 285 g/mol. The molecule has 5 heteroatoms. The molecule has 0 spiro atoms. The van der Waals surface area contributed by atoms with Gasteiger partial charge in [0, 0.05) is 6.04 Å². The number of rotatable bonds is 3. The number of nitrogens with one attached hydrogen (secondary N) is 1. The molecule has 0 aliphatic carbocycles. The van der Waals surface area contributed by atoms with Crippen molar-refractivity contribution >= 4 is 9.84 Å². The second-order valence-corrected chi connectivity index (χ2v) is 7.52. The van der Waals surface area contributed by atoms with Crippen molar-refractivity contribution in [2.45, 2.75) is 37.5 Å². The molecule has 0 radical (unpaired) electrons. The Labute approximate surface area is 114 Å². The third-order valence-electron chi connectivity index (χ3n) is 3.85. The predicted molar refractivity (Wildman–Crippen MR) is 74.4 cm³/mol. The van der Waals surface area contributed by atoms with E-state index in [0.29, 0.717) is 12.0 Å². The highest BCUT2D eigenvalue weighted by Gasteiger charge is 2.35. The van der Waals surface area contributed by atoms with Crippen LogP contribution in [0.15, 0.2) is 18.2 Å². The van der Waals surface area contributed by atoms with Gasteiger partial charge >= 0.3 is 0 Å². The highest BCUT2D eigenvalue weighted by atomic mass is 32.2. The van der Waals surface area contributed by atoms with Crippen LogP contribution in [0.4, 0.5) is 4.39 Å². The Balaban J connectivity index is 2.36. The molecule has 2 rings (SSSR count). The minimum Gasteiger partial charge on any atom is -0.312 e. The molecule has 106 valence electrons. The van der Waals surface area contributed by atoms with E-state index in [9.17, 15) is 12.8 Å². The third-order valence-corrected chi connectivity index (χ3v) is 6.14. The van der Waals surface area contributed by atoms with Crippen LogP contribution in [0.1, 0.15) is 36.4 Å². The molecule has 1 aliphatic heterocycles. The van der Waals surface area contributed by atoms with Gasteiger partial charge in [-0.05, 0) is 44.0 Å². The van der Waals surface area contributed by atoms with Gasteiger partial charge in [0.25, 0.3) is 0 Å². The van der Waals surface area contributed by atoms with Crippen molar-refractivity contribution < 1.29 is 12.8 Å². The quantitative estimate of drug-likeness (QED) is 0.927. The molecule has 1 aromatic rings. The summed E-state index contributed by atoms with van der Waals surface area (Å²) in [5, 5.41) is 2.68. The summed E-state index contributed by atoms with van der Waals surface area (Å²) in [6.45, 7) is 1.70. The van der Waals surface area contributed by atoms with E-state index in [-0.39, 0.29) is 17.6 Å². The fourth-order valence-corrected chi connectivity index (χ4v) is 4.93. The van der Waals surface area contributed by atoms with Gasteiger partial charge in [-0.25, -0.2) is 12.8 Å². The smallest absolute Gasteiger partial charge is 0.155 e. The Bertz CT molecular complexity index is 557. The number of hydrogen-bond donors (Lipinski definition) is 1. The molecule has 1 aromatic carbocycles. The molecule has 2 unspecified atom stereocenters. The van der Waals surface area contributed by atoms with Crippen LogP contribution in [0.3, 0.4) is 0 Å². The molecule has 19 heavy (non-hydrogen) atoms. The standard InChI is InChI=1S/C14H20FNO2S/c1-10-9-11(6-7-12(10)15)14(16-2)13-5-3-4-8-19(13,17)18/h6-7,9,13-14,16H,3-5,8H2,1-2H3. The Morgan fingerprint density at radius 1 is 1.37 bits per heavy atom. The molecule has 2 atom stereocenters. The van der Waals surface area contributed by atoms with Crippen LogP contribution in [-0.4, -0.2) is 26.5 Å². The SMILES string of the molecule is CNC(c1ccc(F)c(C)c1)C1CCCCS1(=O)=O. The molecular formula is C14H20FNO2S. The van der Waals surface area contributed by atoms with Crippen molar-refractivity contribution in [3.05, 3.63) is 35.1 Å². The van der Waals surface area contributed by atoms with Gasteiger partial charge in [-0.2, -0.15) is 0 Å². The van der Waals surface area contributed by atoms with Gasteiger partial charge in [0.1, 0.15) is 5.82 Å². The van der Waals surface area contributed by atoms with Crippen molar-refractivity contribution in [1.29, 1.82) is 0 Å². The first-order chi connectivity index (χ1) is 8.95. The van der Waals surface area contributed by atoms with Crippen molar-refractivity contribution in [1.82, 2.24) is 5.32 Å². The van der Waals surface area contributed by atoms with Crippen molar-refractivity contribution in [3.63, 3.8) is 0 Å². The van der Waals surface area contributed by atoms with E-state index in [1.807, 2.05) is 0 Å². The molecule has 0 saturated carbocycles. The molecule has 1 heterocycles. The van der Waals surface area contributed by atoms with Crippen LogP contribution in [0.25, 0.3) is 0 Å². The van der Waals surface area contributed by atoms with E-state index in [4.69, 9.17) is 0 Å². The lowest BCUT2D eigenvalue weighted by molar-refractivity contribution is 0.468. The molecular weight excluding hydrogens is 265 g/mol. The topological polar surface area (TPSA) is 46.2 Å². The largest absolute Gasteiger partial charge is 0.312 e. The highest BCUT2D eigenvalue weighted by molar-refractivity contribution is 7.92. The van der Waals surface area contributed by atoms with Gasteiger partial charge in [0.05, 0.1) is 11.0 Å². The first-order valence-corrected chi connectivity index (χ1v) is 8.32. The summed E-state index contributed by atoms with van der Waals surface area (Å²) >= 11 is 0. The van der Waals surface area contributed by atoms with Crippen molar-refractivity contribution in [2.24, 2.45) is 0 Å². The average Bonchev–Trinajstić information content (AvgIpc) is 2.36. The van der Waals surface area contributed by atoms with Crippen molar-refractivity contribution in [3.8, 4) is 0 Å². The lowest BCUT2D eigenvalue weighted by Gasteiger charge is -2.30. The van der Waals surface area contributed by atoms with Gasteiger partial charge in [0.2, 0.25) is 0 Å².